The van der Waals surface area contributed by atoms with Crippen molar-refractivity contribution in [3.63, 3.8) is 0 Å². The zero-order chi connectivity index (χ0) is 13.2. The highest BCUT2D eigenvalue weighted by Crippen LogP contribution is 2.29. The summed E-state index contributed by atoms with van der Waals surface area (Å²) >= 11 is 4.99. The first-order valence-corrected chi connectivity index (χ1v) is 7.24. The summed E-state index contributed by atoms with van der Waals surface area (Å²) in [6, 6.07) is 11.6. The molecule has 4 nitrogen and oxygen atoms in total. The monoisotopic (exact) mass is 335 g/mol. The number of hydrogen-bond donors (Lipinski definition) is 1. The number of halogens is 1. The van der Waals surface area contributed by atoms with Crippen molar-refractivity contribution < 1.29 is 4.52 Å². The topological polar surface area (TPSA) is 64.9 Å². The van der Waals surface area contributed by atoms with Gasteiger partial charge in [0.25, 0.3) is 0 Å². The molecule has 96 valence electrons. The van der Waals surface area contributed by atoms with Gasteiger partial charge in [0.2, 0.25) is 11.7 Å². The molecule has 19 heavy (non-hydrogen) atoms. The van der Waals surface area contributed by atoms with Crippen LogP contribution in [-0.2, 0) is 6.42 Å². The third-order valence-corrected chi connectivity index (χ3v) is 4.22. The molecule has 0 bridgehead atoms. The molecule has 2 N–H and O–H groups in total. The first kappa shape index (κ1) is 12.4. The predicted molar refractivity (Wildman–Crippen MR) is 79.0 cm³/mol. The van der Waals surface area contributed by atoms with E-state index in [0.29, 0.717) is 18.1 Å². The van der Waals surface area contributed by atoms with E-state index in [-0.39, 0.29) is 0 Å². The van der Waals surface area contributed by atoms with E-state index in [1.807, 2.05) is 36.4 Å². The van der Waals surface area contributed by atoms with Crippen LogP contribution in [0.2, 0.25) is 0 Å². The summed E-state index contributed by atoms with van der Waals surface area (Å²) in [6.45, 7) is 0. The van der Waals surface area contributed by atoms with Crippen molar-refractivity contribution >= 4 is 33.0 Å². The van der Waals surface area contributed by atoms with E-state index in [1.54, 1.807) is 11.3 Å². The van der Waals surface area contributed by atoms with Crippen molar-refractivity contribution in [2.75, 3.05) is 5.73 Å². The quantitative estimate of drug-likeness (QED) is 0.740. The third-order valence-electron chi connectivity index (χ3n) is 2.60. The van der Waals surface area contributed by atoms with Gasteiger partial charge in [-0.1, -0.05) is 17.3 Å². The Kier molecular flexibility index (Phi) is 3.35. The molecule has 0 unspecified atom stereocenters. The summed E-state index contributed by atoms with van der Waals surface area (Å²) in [5.41, 5.74) is 7.49. The summed E-state index contributed by atoms with van der Waals surface area (Å²) < 4.78 is 6.31. The lowest BCUT2D eigenvalue weighted by Crippen LogP contribution is -1.90. The normalized spacial score (nSPS) is 10.8. The standard InChI is InChI=1S/C13H10BrN3OS/c14-11-6-5-10(19-11)13-16-12(18-17-13)7-8-1-3-9(15)4-2-8/h1-6H,7,15H2. The Morgan fingerprint density at radius 1 is 1.16 bits per heavy atom. The van der Waals surface area contributed by atoms with E-state index in [9.17, 15) is 0 Å². The molecular formula is C13H10BrN3OS. The number of hydrogen-bond acceptors (Lipinski definition) is 5. The average Bonchev–Trinajstić information content (AvgIpc) is 3.01. The summed E-state index contributed by atoms with van der Waals surface area (Å²) in [5.74, 6) is 1.23. The first-order valence-electron chi connectivity index (χ1n) is 5.63. The van der Waals surface area contributed by atoms with Crippen LogP contribution in [0.4, 0.5) is 5.69 Å². The van der Waals surface area contributed by atoms with Crippen molar-refractivity contribution in [1.29, 1.82) is 0 Å². The van der Waals surface area contributed by atoms with Gasteiger partial charge >= 0.3 is 0 Å². The van der Waals surface area contributed by atoms with Gasteiger partial charge in [-0.3, -0.25) is 0 Å². The minimum atomic E-state index is 0.601. The van der Waals surface area contributed by atoms with Crippen molar-refractivity contribution in [2.24, 2.45) is 0 Å². The first-order chi connectivity index (χ1) is 9.20. The SMILES string of the molecule is Nc1ccc(Cc2nc(-c3ccc(Br)s3)no2)cc1. The number of thiophene rings is 1. The lowest BCUT2D eigenvalue weighted by atomic mass is 10.1. The van der Waals surface area contributed by atoms with E-state index in [0.717, 1.165) is 19.9 Å². The molecule has 3 aromatic rings. The van der Waals surface area contributed by atoms with Crippen LogP contribution in [0.1, 0.15) is 11.5 Å². The molecule has 0 amide bonds. The minimum Gasteiger partial charge on any atom is -0.399 e. The molecule has 0 aliphatic heterocycles. The van der Waals surface area contributed by atoms with Crippen molar-refractivity contribution in [3.8, 4) is 10.7 Å². The van der Waals surface area contributed by atoms with Gasteiger partial charge in [-0.15, -0.1) is 11.3 Å². The Hall–Kier alpha value is -1.66. The predicted octanol–water partition coefficient (Wildman–Crippen LogP) is 3.73. The van der Waals surface area contributed by atoms with Crippen LogP contribution in [0.15, 0.2) is 44.7 Å². The van der Waals surface area contributed by atoms with Gasteiger partial charge in [0.05, 0.1) is 15.1 Å². The Bertz CT molecular complexity index is 690. The highest BCUT2D eigenvalue weighted by atomic mass is 79.9. The average molecular weight is 336 g/mol. The lowest BCUT2D eigenvalue weighted by Gasteiger charge is -1.96. The van der Waals surface area contributed by atoms with Crippen molar-refractivity contribution in [3.05, 3.63) is 51.6 Å². The molecule has 0 saturated carbocycles. The Morgan fingerprint density at radius 3 is 2.63 bits per heavy atom. The van der Waals surface area contributed by atoms with Crippen LogP contribution in [-0.4, -0.2) is 10.1 Å². The Labute approximate surface area is 122 Å². The highest BCUT2D eigenvalue weighted by molar-refractivity contribution is 9.11. The number of nitrogens with zero attached hydrogens (tertiary/aromatic N) is 2. The van der Waals surface area contributed by atoms with Crippen LogP contribution in [0.25, 0.3) is 10.7 Å². The number of benzene rings is 1. The minimum absolute atomic E-state index is 0.601. The van der Waals surface area contributed by atoms with Gasteiger partial charge in [0, 0.05) is 5.69 Å². The van der Waals surface area contributed by atoms with Crippen molar-refractivity contribution in [1.82, 2.24) is 10.1 Å². The van der Waals surface area contributed by atoms with E-state index >= 15 is 0 Å². The molecular weight excluding hydrogens is 326 g/mol. The molecule has 2 heterocycles. The lowest BCUT2D eigenvalue weighted by molar-refractivity contribution is 0.386. The highest BCUT2D eigenvalue weighted by Gasteiger charge is 2.11. The van der Waals surface area contributed by atoms with Gasteiger partial charge < -0.3 is 10.3 Å². The number of nitrogens with two attached hydrogens (primary N) is 1. The van der Waals surface area contributed by atoms with Crippen LogP contribution in [0.5, 0.6) is 0 Å². The zero-order valence-electron chi connectivity index (χ0n) is 9.84. The van der Waals surface area contributed by atoms with Gasteiger partial charge in [-0.05, 0) is 45.8 Å². The molecule has 0 saturated heterocycles. The van der Waals surface area contributed by atoms with Gasteiger partial charge in [0.1, 0.15) is 0 Å². The maximum Gasteiger partial charge on any atom is 0.231 e. The van der Waals surface area contributed by atoms with E-state index in [1.165, 1.54) is 0 Å². The molecule has 0 aliphatic rings. The summed E-state index contributed by atoms with van der Waals surface area (Å²) in [7, 11) is 0. The second-order valence-corrected chi connectivity index (χ2v) is 6.50. The molecule has 0 fully saturated rings. The van der Waals surface area contributed by atoms with E-state index in [2.05, 4.69) is 26.1 Å². The van der Waals surface area contributed by atoms with Crippen molar-refractivity contribution in [2.45, 2.75) is 6.42 Å². The molecule has 0 spiro atoms. The molecule has 0 radical (unpaired) electrons. The fraction of sp³-hybridized carbons (Fsp3) is 0.0769. The summed E-state index contributed by atoms with van der Waals surface area (Å²) in [5, 5.41) is 3.99. The number of anilines is 1. The molecule has 2 aromatic heterocycles. The molecule has 0 aliphatic carbocycles. The Morgan fingerprint density at radius 2 is 1.95 bits per heavy atom. The van der Waals surface area contributed by atoms with Gasteiger partial charge in [-0.2, -0.15) is 4.98 Å². The second kappa shape index (κ2) is 5.14. The fourth-order valence-corrected chi connectivity index (χ4v) is 2.98. The largest absolute Gasteiger partial charge is 0.399 e. The van der Waals surface area contributed by atoms with Crippen LogP contribution in [0, 0.1) is 0 Å². The molecule has 6 heteroatoms. The van der Waals surface area contributed by atoms with Crippen LogP contribution >= 0.6 is 27.3 Å². The third kappa shape index (κ3) is 2.85. The molecule has 1 aromatic carbocycles. The van der Waals surface area contributed by atoms with Gasteiger partial charge in [-0.25, -0.2) is 0 Å². The van der Waals surface area contributed by atoms with Crippen LogP contribution in [0.3, 0.4) is 0 Å². The molecule has 3 rings (SSSR count). The summed E-state index contributed by atoms with van der Waals surface area (Å²) in [4.78, 5) is 5.38. The second-order valence-electron chi connectivity index (χ2n) is 4.03. The Balaban J connectivity index is 1.80. The number of aromatic nitrogens is 2. The van der Waals surface area contributed by atoms with E-state index in [4.69, 9.17) is 10.3 Å². The fourth-order valence-electron chi connectivity index (χ4n) is 1.67. The smallest absolute Gasteiger partial charge is 0.231 e. The number of rotatable bonds is 3. The number of nitrogen functional groups attached to an aromatic ring is 1. The van der Waals surface area contributed by atoms with Gasteiger partial charge in [0.15, 0.2) is 0 Å². The van der Waals surface area contributed by atoms with Crippen LogP contribution < -0.4 is 5.73 Å². The summed E-state index contributed by atoms with van der Waals surface area (Å²) in [6.07, 6.45) is 0.611. The maximum absolute atomic E-state index is 5.65. The molecule has 0 atom stereocenters. The maximum atomic E-state index is 5.65. The van der Waals surface area contributed by atoms with E-state index < -0.39 is 0 Å². The zero-order valence-corrected chi connectivity index (χ0v) is 12.2.